The molecule has 428 valence electrons. The van der Waals surface area contributed by atoms with E-state index >= 15 is 0 Å². The molecule has 0 saturated carbocycles. The van der Waals surface area contributed by atoms with E-state index in [4.69, 9.17) is 0 Å². The number of thiophene rings is 1. The monoisotopic (exact) mass is 1110 g/mol. The first-order valence-electron chi connectivity index (χ1n) is 31.9. The lowest BCUT2D eigenvalue weighted by Crippen LogP contribution is -2.61. The van der Waals surface area contributed by atoms with Crippen molar-refractivity contribution < 1.29 is 0 Å². The number of rotatable bonds is 7. The number of fused-ring (bicyclic) bond motifs is 9. The van der Waals surface area contributed by atoms with Crippen molar-refractivity contribution in [3.8, 4) is 0 Å². The summed E-state index contributed by atoms with van der Waals surface area (Å²) in [5.41, 5.74) is 28.1. The van der Waals surface area contributed by atoms with Crippen LogP contribution >= 0.6 is 11.3 Å². The van der Waals surface area contributed by atoms with Crippen LogP contribution in [0.5, 0.6) is 0 Å². The Balaban J connectivity index is 1.21. The summed E-state index contributed by atoms with van der Waals surface area (Å²) < 4.78 is 2.82. The number of hydrogen-bond donors (Lipinski definition) is 0. The first kappa shape index (κ1) is 56.3. The largest absolute Gasteiger partial charge is 0.311 e. The van der Waals surface area contributed by atoms with Gasteiger partial charge >= 0.3 is 0 Å². The topological polar surface area (TPSA) is 6.48 Å². The maximum Gasteiger partial charge on any atom is 0.264 e. The molecule has 5 aliphatic rings. The molecular weight excluding hydrogens is 1020 g/mol. The average molecular weight is 1110 g/mol. The quantitative estimate of drug-likeness (QED) is 0.116. The zero-order valence-electron chi connectivity index (χ0n) is 54.0. The van der Waals surface area contributed by atoms with Gasteiger partial charge in [-0.3, -0.25) is 0 Å². The van der Waals surface area contributed by atoms with Crippen LogP contribution < -0.4 is 25.5 Å². The van der Waals surface area contributed by atoms with E-state index in [0.717, 1.165) is 12.8 Å². The highest BCUT2D eigenvalue weighted by Crippen LogP contribution is 2.56. The third kappa shape index (κ3) is 8.97. The Morgan fingerprint density at radius 2 is 0.819 bits per heavy atom. The Morgan fingerprint density at radius 3 is 1.28 bits per heavy atom. The number of nitrogens with zero attached hydrogens (tertiary/aromatic N) is 2. The van der Waals surface area contributed by atoms with Gasteiger partial charge in [-0.25, -0.2) is 0 Å². The van der Waals surface area contributed by atoms with E-state index in [1.54, 1.807) is 0 Å². The highest BCUT2D eigenvalue weighted by molar-refractivity contribution is 7.33. The van der Waals surface area contributed by atoms with Crippen molar-refractivity contribution in [3.05, 3.63) is 194 Å². The van der Waals surface area contributed by atoms with E-state index in [1.165, 1.54) is 152 Å². The van der Waals surface area contributed by atoms with Crippen molar-refractivity contribution in [1.82, 2.24) is 0 Å². The maximum atomic E-state index is 2.80. The molecule has 2 aliphatic heterocycles. The van der Waals surface area contributed by atoms with Crippen LogP contribution in [-0.2, 0) is 37.9 Å². The highest BCUT2D eigenvalue weighted by Gasteiger charge is 2.50. The molecule has 0 amide bonds. The van der Waals surface area contributed by atoms with Gasteiger partial charge in [0.1, 0.15) is 0 Å². The summed E-state index contributed by atoms with van der Waals surface area (Å²) in [6, 6.07) is 53.1. The summed E-state index contributed by atoms with van der Waals surface area (Å²) in [6.45, 7) is 46.4. The van der Waals surface area contributed by atoms with Crippen molar-refractivity contribution in [1.29, 1.82) is 0 Å². The van der Waals surface area contributed by atoms with Gasteiger partial charge in [0.05, 0.1) is 5.69 Å². The van der Waals surface area contributed by atoms with Crippen molar-refractivity contribution >= 4 is 78.0 Å². The zero-order valence-corrected chi connectivity index (χ0v) is 54.8. The molecular formula is C79H93BN2S. The van der Waals surface area contributed by atoms with Gasteiger partial charge in [0.25, 0.3) is 6.71 Å². The fraction of sp³-hybridized carbons (Fsp3) is 0.443. The second-order valence-corrected chi connectivity index (χ2v) is 33.2. The number of hydrogen-bond acceptors (Lipinski definition) is 3. The summed E-state index contributed by atoms with van der Waals surface area (Å²) in [5.74, 6) is 0.842. The van der Waals surface area contributed by atoms with E-state index < -0.39 is 0 Å². The minimum Gasteiger partial charge on any atom is -0.311 e. The molecule has 0 radical (unpaired) electrons. The van der Waals surface area contributed by atoms with Gasteiger partial charge in [-0.15, -0.1) is 11.3 Å². The van der Waals surface area contributed by atoms with Gasteiger partial charge in [-0.05, 0) is 221 Å². The molecule has 83 heavy (non-hydrogen) atoms. The van der Waals surface area contributed by atoms with E-state index in [1.807, 2.05) is 0 Å². The lowest BCUT2D eigenvalue weighted by Gasteiger charge is -2.48. The van der Waals surface area contributed by atoms with Crippen LogP contribution in [0.2, 0.25) is 0 Å². The van der Waals surface area contributed by atoms with Gasteiger partial charge in [0.15, 0.2) is 0 Å². The molecule has 0 saturated heterocycles. The van der Waals surface area contributed by atoms with Crippen LogP contribution in [-0.4, -0.2) is 6.71 Å². The lowest BCUT2D eigenvalue weighted by molar-refractivity contribution is 0.332. The summed E-state index contributed by atoms with van der Waals surface area (Å²) in [6.07, 6.45) is 7.03. The molecule has 3 heterocycles. The summed E-state index contributed by atoms with van der Waals surface area (Å²) in [7, 11) is 0. The summed E-state index contributed by atoms with van der Waals surface area (Å²) in [5, 5.41) is 1.36. The van der Waals surface area contributed by atoms with Crippen molar-refractivity contribution in [3.63, 3.8) is 0 Å². The fourth-order valence-corrected chi connectivity index (χ4v) is 17.2. The summed E-state index contributed by atoms with van der Waals surface area (Å²) >= 11 is 2.05. The van der Waals surface area contributed by atoms with Crippen LogP contribution in [0.1, 0.15) is 255 Å². The van der Waals surface area contributed by atoms with Crippen molar-refractivity contribution in [2.45, 2.75) is 226 Å². The maximum absolute atomic E-state index is 2.80. The third-order valence-electron chi connectivity index (χ3n) is 21.9. The molecule has 0 unspecified atom stereocenters. The normalized spacial score (nSPS) is 19.3. The van der Waals surface area contributed by atoms with E-state index in [2.05, 4.69) is 280 Å². The SMILES string of the molecule is CC(C)c1ccc(C(c2ccc(C(C)C)cc2)c2cc3c4c(c2)N(c2ccc5c(c2)C(C)(C)CCC5(C)C)c2c(sc5ccc(C(C)(C)C)cc25)B4c2cc4c(cc2N3c2ccc3c(c2)C(C)(C)CCC3(C)C)C(C)(C)CCC4(C)C)cc1. The predicted molar refractivity (Wildman–Crippen MR) is 362 cm³/mol. The Bertz CT molecular complexity index is 3870. The molecule has 0 N–H and O–H groups in total. The molecule has 0 atom stereocenters. The molecule has 0 fully saturated rings. The second-order valence-electron chi connectivity index (χ2n) is 32.1. The highest BCUT2D eigenvalue weighted by atomic mass is 32.1. The molecule has 0 spiro atoms. The van der Waals surface area contributed by atoms with E-state index in [9.17, 15) is 0 Å². The smallest absolute Gasteiger partial charge is 0.264 e. The van der Waals surface area contributed by atoms with Gasteiger partial charge in [0.2, 0.25) is 0 Å². The standard InChI is InChI=1S/C79H93BN2S/c1-47(2)49-20-24-51(25-21-49)69(52-26-22-50(23-27-52)48(3)4)53-40-66-70-67(41-53)82(56-30-32-59-61(44-56)77(14,15)37-35-75(59,10)11)71-57-42-54(73(5,6)7)28-33-68(57)83-72(71)80(70)64-45-62-63(79(18,19)39-38-78(62,16)17)46-65(64)81(66)55-29-31-58-60(43-55)76(12,13)36-34-74(58,8)9/h20-33,40-48,69H,34-39H2,1-19H3. The van der Waals surface area contributed by atoms with Gasteiger partial charge in [0, 0.05) is 49.2 Å². The Labute approximate surface area is 504 Å². The molecule has 7 aromatic carbocycles. The first-order valence-corrected chi connectivity index (χ1v) is 32.7. The minimum absolute atomic E-state index is 0.00304. The third-order valence-corrected chi connectivity index (χ3v) is 23.1. The fourth-order valence-electron chi connectivity index (χ4n) is 15.9. The molecule has 13 rings (SSSR count). The van der Waals surface area contributed by atoms with Gasteiger partial charge in [-0.1, -0.05) is 204 Å². The lowest BCUT2D eigenvalue weighted by atomic mass is 9.35. The number of benzene rings is 7. The van der Waals surface area contributed by atoms with Crippen LogP contribution in [0.15, 0.2) is 127 Å². The first-order chi connectivity index (χ1) is 38.9. The molecule has 2 nitrogen and oxygen atoms in total. The predicted octanol–water partition coefficient (Wildman–Crippen LogP) is 20.8. The van der Waals surface area contributed by atoms with Crippen LogP contribution in [0.3, 0.4) is 0 Å². The van der Waals surface area contributed by atoms with E-state index in [0.29, 0.717) is 11.8 Å². The second kappa shape index (κ2) is 18.8. The van der Waals surface area contributed by atoms with Crippen LogP contribution in [0, 0.1) is 0 Å². The Morgan fingerprint density at radius 1 is 0.410 bits per heavy atom. The van der Waals surface area contributed by atoms with Gasteiger partial charge < -0.3 is 9.80 Å². The average Bonchev–Trinajstić information content (AvgIpc) is 1.81. The number of anilines is 6. The zero-order chi connectivity index (χ0) is 59.0. The molecule has 8 aromatic rings. The molecule has 3 aliphatic carbocycles. The molecule has 0 bridgehead atoms. The van der Waals surface area contributed by atoms with E-state index in [-0.39, 0.29) is 50.5 Å². The Kier molecular flexibility index (Phi) is 12.8. The molecule has 1 aromatic heterocycles. The van der Waals surface area contributed by atoms with Crippen molar-refractivity contribution in [2.24, 2.45) is 0 Å². The van der Waals surface area contributed by atoms with Crippen LogP contribution in [0.25, 0.3) is 10.1 Å². The Hall–Kier alpha value is -5.84. The van der Waals surface area contributed by atoms with Crippen LogP contribution in [0.4, 0.5) is 34.1 Å². The molecule has 4 heteroatoms. The van der Waals surface area contributed by atoms with Gasteiger partial charge in [-0.2, -0.15) is 0 Å². The van der Waals surface area contributed by atoms with Crippen molar-refractivity contribution in [2.75, 3.05) is 9.80 Å². The summed E-state index contributed by atoms with van der Waals surface area (Å²) in [4.78, 5) is 5.59. The minimum atomic E-state index is -0.0366.